The van der Waals surface area contributed by atoms with E-state index in [4.69, 9.17) is 0 Å². The van der Waals surface area contributed by atoms with E-state index in [1.807, 2.05) is 0 Å². The van der Waals surface area contributed by atoms with Gasteiger partial charge in [0.05, 0.1) is 16.4 Å². The fourth-order valence-electron chi connectivity index (χ4n) is 2.75. The molecule has 0 aliphatic heterocycles. The summed E-state index contributed by atoms with van der Waals surface area (Å²) in [6, 6.07) is 6.42. The lowest BCUT2D eigenvalue weighted by Gasteiger charge is -2.20. The van der Waals surface area contributed by atoms with Crippen LogP contribution >= 0.6 is 27.3 Å². The first-order valence-corrected chi connectivity index (χ1v) is 7.87. The van der Waals surface area contributed by atoms with Crippen LogP contribution in [0, 0.1) is 6.92 Å². The Labute approximate surface area is 119 Å². The Balaban J connectivity index is 1.97. The number of aliphatic hydroxyl groups excluding tert-OH is 1. The van der Waals surface area contributed by atoms with Gasteiger partial charge in [-0.05, 0) is 60.3 Å². The fourth-order valence-corrected chi connectivity index (χ4v) is 4.23. The predicted molar refractivity (Wildman–Crippen MR) is 78.2 cm³/mol. The summed E-state index contributed by atoms with van der Waals surface area (Å²) in [7, 11) is 0. The molecule has 2 heterocycles. The van der Waals surface area contributed by atoms with Crippen molar-refractivity contribution in [2.24, 2.45) is 0 Å². The number of rotatable bonds is 2. The Morgan fingerprint density at radius 2 is 2.33 bits per heavy atom. The number of fused-ring (bicyclic) bond motifs is 1. The van der Waals surface area contributed by atoms with E-state index in [0.29, 0.717) is 0 Å². The highest BCUT2D eigenvalue weighted by molar-refractivity contribution is 9.11. The van der Waals surface area contributed by atoms with Gasteiger partial charge in [0, 0.05) is 21.8 Å². The maximum absolute atomic E-state index is 10.1. The van der Waals surface area contributed by atoms with Crippen molar-refractivity contribution in [2.75, 3.05) is 0 Å². The molecule has 0 spiro atoms. The Bertz CT molecular complexity index is 572. The summed E-state index contributed by atoms with van der Waals surface area (Å²) in [5.74, 6) is 0. The molecule has 96 valence electrons. The number of hydrogen-bond donors (Lipinski definition) is 1. The summed E-state index contributed by atoms with van der Waals surface area (Å²) < 4.78 is 3.53. The Morgan fingerprint density at radius 3 is 3.06 bits per heavy atom. The number of nitrogens with zero attached hydrogens (tertiary/aromatic N) is 1. The predicted octanol–water partition coefficient (Wildman–Crippen LogP) is 4.04. The summed E-state index contributed by atoms with van der Waals surface area (Å²) >= 11 is 5.29. The van der Waals surface area contributed by atoms with E-state index in [1.165, 1.54) is 20.1 Å². The molecule has 1 aliphatic rings. The summed E-state index contributed by atoms with van der Waals surface area (Å²) in [5, 5.41) is 10.1. The molecular formula is C14H16BrNOS. The van der Waals surface area contributed by atoms with Crippen LogP contribution in [0.1, 0.15) is 40.8 Å². The number of hydrogen-bond acceptors (Lipinski definition) is 2. The standard InChI is InChI=1S/C14H16BrNOS/c1-9-7-11-12(3-2-4-13(11)17)16(9)8-10-5-6-14(15)18-10/h5-7,13,17H,2-4,8H2,1H3. The van der Waals surface area contributed by atoms with E-state index < -0.39 is 0 Å². The number of aliphatic hydroxyl groups is 1. The van der Waals surface area contributed by atoms with Gasteiger partial charge in [-0.25, -0.2) is 0 Å². The quantitative estimate of drug-likeness (QED) is 0.885. The molecule has 2 aromatic rings. The van der Waals surface area contributed by atoms with Crippen molar-refractivity contribution in [2.45, 2.75) is 38.8 Å². The first kappa shape index (κ1) is 12.5. The summed E-state index contributed by atoms with van der Waals surface area (Å²) in [5.41, 5.74) is 3.73. The van der Waals surface area contributed by atoms with Gasteiger partial charge in [-0.1, -0.05) is 0 Å². The second-order valence-corrected chi connectivity index (χ2v) is 7.44. The van der Waals surface area contributed by atoms with Gasteiger partial charge in [-0.15, -0.1) is 11.3 Å². The van der Waals surface area contributed by atoms with E-state index in [9.17, 15) is 5.11 Å². The zero-order valence-corrected chi connectivity index (χ0v) is 12.7. The monoisotopic (exact) mass is 325 g/mol. The molecule has 0 bridgehead atoms. The van der Waals surface area contributed by atoms with E-state index in [1.54, 1.807) is 11.3 Å². The first-order valence-electron chi connectivity index (χ1n) is 6.26. The van der Waals surface area contributed by atoms with Gasteiger partial charge < -0.3 is 9.67 Å². The van der Waals surface area contributed by atoms with Gasteiger partial charge in [0.2, 0.25) is 0 Å². The maximum Gasteiger partial charge on any atom is 0.0807 e. The molecule has 0 fully saturated rings. The van der Waals surface area contributed by atoms with Crippen molar-refractivity contribution in [3.8, 4) is 0 Å². The maximum atomic E-state index is 10.1. The third-order valence-electron chi connectivity index (χ3n) is 3.64. The first-order chi connectivity index (χ1) is 8.65. The van der Waals surface area contributed by atoms with Crippen molar-refractivity contribution < 1.29 is 5.11 Å². The van der Waals surface area contributed by atoms with Crippen LogP contribution < -0.4 is 0 Å². The van der Waals surface area contributed by atoms with Gasteiger partial charge in [0.15, 0.2) is 0 Å². The summed E-state index contributed by atoms with van der Waals surface area (Å²) in [6.45, 7) is 3.05. The smallest absolute Gasteiger partial charge is 0.0807 e. The molecule has 2 aromatic heterocycles. The lowest BCUT2D eigenvalue weighted by atomic mass is 9.95. The summed E-state index contributed by atoms with van der Waals surface area (Å²) in [4.78, 5) is 1.35. The van der Waals surface area contributed by atoms with Gasteiger partial charge >= 0.3 is 0 Å². The van der Waals surface area contributed by atoms with Crippen LogP contribution in [0.5, 0.6) is 0 Å². The van der Waals surface area contributed by atoms with Gasteiger partial charge in [0.25, 0.3) is 0 Å². The van der Waals surface area contributed by atoms with Crippen molar-refractivity contribution in [3.05, 3.63) is 43.8 Å². The molecule has 0 aromatic carbocycles. The molecule has 18 heavy (non-hydrogen) atoms. The number of aromatic nitrogens is 1. The number of thiophene rings is 1. The van der Waals surface area contributed by atoms with Crippen LogP contribution in [0.25, 0.3) is 0 Å². The minimum atomic E-state index is -0.260. The molecule has 2 nitrogen and oxygen atoms in total. The Hall–Kier alpha value is -0.580. The van der Waals surface area contributed by atoms with Crippen LogP contribution in [0.15, 0.2) is 22.0 Å². The number of halogens is 1. The normalized spacial score (nSPS) is 18.9. The largest absolute Gasteiger partial charge is 0.388 e. The Morgan fingerprint density at radius 1 is 1.50 bits per heavy atom. The molecule has 1 atom stereocenters. The highest BCUT2D eigenvalue weighted by Crippen LogP contribution is 2.33. The van der Waals surface area contributed by atoms with Gasteiger partial charge in [-0.3, -0.25) is 0 Å². The van der Waals surface area contributed by atoms with Crippen molar-refractivity contribution in [1.29, 1.82) is 0 Å². The molecule has 3 rings (SSSR count). The molecule has 0 amide bonds. The highest BCUT2D eigenvalue weighted by atomic mass is 79.9. The van der Waals surface area contributed by atoms with Crippen LogP contribution in [0.2, 0.25) is 0 Å². The topological polar surface area (TPSA) is 25.2 Å². The molecule has 0 saturated carbocycles. The van der Waals surface area contributed by atoms with Crippen LogP contribution in [-0.2, 0) is 13.0 Å². The Kier molecular flexibility index (Phi) is 3.34. The van der Waals surface area contributed by atoms with Crippen LogP contribution in [-0.4, -0.2) is 9.67 Å². The fraction of sp³-hybridized carbons (Fsp3) is 0.429. The average Bonchev–Trinajstić information content (AvgIpc) is 2.87. The highest BCUT2D eigenvalue weighted by Gasteiger charge is 2.23. The third-order valence-corrected chi connectivity index (χ3v) is 5.25. The van der Waals surface area contributed by atoms with Crippen molar-refractivity contribution in [1.82, 2.24) is 4.57 Å². The van der Waals surface area contributed by atoms with E-state index in [0.717, 1.165) is 31.4 Å². The minimum Gasteiger partial charge on any atom is -0.388 e. The lowest BCUT2D eigenvalue weighted by Crippen LogP contribution is -2.12. The van der Waals surface area contributed by atoms with Gasteiger partial charge in [-0.2, -0.15) is 0 Å². The second kappa shape index (κ2) is 4.83. The molecular weight excluding hydrogens is 310 g/mol. The van der Waals surface area contributed by atoms with Gasteiger partial charge in [0.1, 0.15) is 0 Å². The zero-order valence-electron chi connectivity index (χ0n) is 10.3. The molecule has 0 radical (unpaired) electrons. The van der Waals surface area contributed by atoms with E-state index >= 15 is 0 Å². The lowest BCUT2D eigenvalue weighted by molar-refractivity contribution is 0.156. The molecule has 1 aliphatic carbocycles. The average molecular weight is 326 g/mol. The van der Waals surface area contributed by atoms with E-state index in [2.05, 4.69) is 45.6 Å². The minimum absolute atomic E-state index is 0.260. The van der Waals surface area contributed by atoms with Crippen LogP contribution in [0.4, 0.5) is 0 Å². The van der Waals surface area contributed by atoms with Crippen LogP contribution in [0.3, 0.4) is 0 Å². The van der Waals surface area contributed by atoms with Crippen molar-refractivity contribution >= 4 is 27.3 Å². The van der Waals surface area contributed by atoms with Crippen molar-refractivity contribution in [3.63, 3.8) is 0 Å². The molecule has 1 unspecified atom stereocenters. The zero-order chi connectivity index (χ0) is 12.7. The van der Waals surface area contributed by atoms with E-state index in [-0.39, 0.29) is 6.10 Å². The third kappa shape index (κ3) is 2.17. The number of aryl methyl sites for hydroxylation is 1. The summed E-state index contributed by atoms with van der Waals surface area (Å²) in [6.07, 6.45) is 2.82. The molecule has 0 saturated heterocycles. The second-order valence-electron chi connectivity index (χ2n) is 4.89. The molecule has 1 N–H and O–H groups in total. The SMILES string of the molecule is Cc1cc2c(n1Cc1ccc(Br)s1)CCCC2O. The molecule has 4 heteroatoms.